The molecule has 6 heteroatoms. The number of rotatable bonds is 6. The van der Waals surface area contributed by atoms with Crippen LogP contribution in [-0.4, -0.2) is 34.4 Å². The normalized spacial score (nSPS) is 10.8. The Morgan fingerprint density at radius 2 is 2.04 bits per heavy atom. The topological polar surface area (TPSA) is 58.1 Å². The highest BCUT2D eigenvalue weighted by Crippen LogP contribution is 2.23. The molecule has 0 radical (unpaired) electrons. The fourth-order valence-electron chi connectivity index (χ4n) is 2.46. The van der Waals surface area contributed by atoms with Crippen LogP contribution in [0, 0.1) is 6.92 Å². The third-order valence-corrected chi connectivity index (χ3v) is 4.54. The lowest BCUT2D eigenvalue weighted by molar-refractivity contribution is -0.117. The van der Waals surface area contributed by atoms with Gasteiger partial charge in [-0.3, -0.25) is 9.69 Å². The molecule has 3 rings (SSSR count). The van der Waals surface area contributed by atoms with E-state index in [4.69, 9.17) is 0 Å². The first-order chi connectivity index (χ1) is 12.1. The van der Waals surface area contributed by atoms with Gasteiger partial charge >= 0.3 is 0 Å². The number of aromatic nitrogens is 2. The molecular weight excluding hydrogens is 332 g/mol. The van der Waals surface area contributed by atoms with Crippen molar-refractivity contribution in [2.75, 3.05) is 18.9 Å². The Hall–Kier alpha value is -2.57. The monoisotopic (exact) mass is 352 g/mol. The van der Waals surface area contributed by atoms with Crippen LogP contribution in [0.5, 0.6) is 0 Å². The average molecular weight is 352 g/mol. The van der Waals surface area contributed by atoms with Crippen LogP contribution in [0.1, 0.15) is 11.3 Å². The first-order valence-corrected chi connectivity index (χ1v) is 8.89. The molecule has 0 fully saturated rings. The van der Waals surface area contributed by atoms with E-state index < -0.39 is 0 Å². The summed E-state index contributed by atoms with van der Waals surface area (Å²) in [6.45, 7) is 2.88. The maximum atomic E-state index is 12.1. The lowest BCUT2D eigenvalue weighted by Gasteiger charge is -2.14. The third-order valence-electron chi connectivity index (χ3n) is 3.60. The second-order valence-electron chi connectivity index (χ2n) is 5.95. The molecule has 1 N–H and O–H groups in total. The molecule has 2 heterocycles. The molecule has 25 heavy (non-hydrogen) atoms. The van der Waals surface area contributed by atoms with E-state index >= 15 is 0 Å². The van der Waals surface area contributed by atoms with Crippen LogP contribution in [0.2, 0.25) is 0 Å². The van der Waals surface area contributed by atoms with Gasteiger partial charge in [-0.1, -0.05) is 30.3 Å². The number of thiazole rings is 1. The highest BCUT2D eigenvalue weighted by molar-refractivity contribution is 7.13. The molecule has 0 bridgehead atoms. The van der Waals surface area contributed by atoms with Crippen LogP contribution < -0.4 is 5.32 Å². The number of nitrogens with zero attached hydrogens (tertiary/aromatic N) is 3. The van der Waals surface area contributed by atoms with Gasteiger partial charge in [-0.05, 0) is 31.7 Å². The molecule has 0 saturated carbocycles. The van der Waals surface area contributed by atoms with Gasteiger partial charge in [0.2, 0.25) is 5.91 Å². The summed E-state index contributed by atoms with van der Waals surface area (Å²) in [4.78, 5) is 22.9. The largest absolute Gasteiger partial charge is 0.310 e. The van der Waals surface area contributed by atoms with Crippen LogP contribution in [-0.2, 0) is 11.3 Å². The number of benzene rings is 1. The van der Waals surface area contributed by atoms with Crippen molar-refractivity contribution in [3.05, 3.63) is 65.3 Å². The van der Waals surface area contributed by atoms with Crippen LogP contribution in [0.4, 0.5) is 5.82 Å². The number of amides is 1. The molecule has 1 amide bonds. The van der Waals surface area contributed by atoms with Crippen molar-refractivity contribution in [3.8, 4) is 10.6 Å². The SMILES string of the molecule is Cc1ccnc(NC(=O)CN(C)Cc2csc(-c3ccccc3)n2)c1. The maximum absolute atomic E-state index is 12.1. The molecule has 0 aliphatic heterocycles. The quantitative estimate of drug-likeness (QED) is 0.737. The Kier molecular flexibility index (Phi) is 5.53. The van der Waals surface area contributed by atoms with Crippen molar-refractivity contribution in [1.29, 1.82) is 0 Å². The number of hydrogen-bond acceptors (Lipinski definition) is 5. The highest BCUT2D eigenvalue weighted by atomic mass is 32.1. The van der Waals surface area contributed by atoms with Gasteiger partial charge in [0.15, 0.2) is 0 Å². The number of nitrogens with one attached hydrogen (secondary N) is 1. The summed E-state index contributed by atoms with van der Waals surface area (Å²) in [5, 5.41) is 5.86. The van der Waals surface area contributed by atoms with Crippen LogP contribution >= 0.6 is 11.3 Å². The van der Waals surface area contributed by atoms with Gasteiger partial charge in [0.1, 0.15) is 10.8 Å². The van der Waals surface area contributed by atoms with E-state index in [0.717, 1.165) is 21.8 Å². The summed E-state index contributed by atoms with van der Waals surface area (Å²) < 4.78 is 0. The fraction of sp³-hybridized carbons (Fsp3) is 0.211. The molecule has 0 spiro atoms. The number of pyridine rings is 1. The minimum atomic E-state index is -0.0842. The minimum Gasteiger partial charge on any atom is -0.310 e. The summed E-state index contributed by atoms with van der Waals surface area (Å²) >= 11 is 1.62. The maximum Gasteiger partial charge on any atom is 0.239 e. The van der Waals surface area contributed by atoms with E-state index in [1.54, 1.807) is 17.5 Å². The van der Waals surface area contributed by atoms with Crippen molar-refractivity contribution in [3.63, 3.8) is 0 Å². The molecule has 0 aliphatic carbocycles. The summed E-state index contributed by atoms with van der Waals surface area (Å²) in [6, 6.07) is 13.9. The lowest BCUT2D eigenvalue weighted by atomic mass is 10.2. The zero-order chi connectivity index (χ0) is 17.6. The average Bonchev–Trinajstić information content (AvgIpc) is 3.03. The van der Waals surface area contributed by atoms with Crippen molar-refractivity contribution < 1.29 is 4.79 Å². The Morgan fingerprint density at radius 1 is 1.24 bits per heavy atom. The van der Waals surface area contributed by atoms with Crippen LogP contribution in [0.25, 0.3) is 10.6 Å². The minimum absolute atomic E-state index is 0.0842. The molecule has 0 saturated heterocycles. The molecular formula is C19H20N4OS. The smallest absolute Gasteiger partial charge is 0.239 e. The predicted octanol–water partition coefficient (Wildman–Crippen LogP) is 3.58. The summed E-state index contributed by atoms with van der Waals surface area (Å²) in [7, 11) is 1.91. The van der Waals surface area contributed by atoms with Gasteiger partial charge in [0, 0.05) is 23.7 Å². The van der Waals surface area contributed by atoms with Crippen LogP contribution in [0.15, 0.2) is 54.0 Å². The van der Waals surface area contributed by atoms with E-state index in [-0.39, 0.29) is 12.5 Å². The van der Waals surface area contributed by atoms with Crippen molar-refractivity contribution in [1.82, 2.24) is 14.9 Å². The van der Waals surface area contributed by atoms with Gasteiger partial charge in [0.05, 0.1) is 12.2 Å². The molecule has 0 atom stereocenters. The van der Waals surface area contributed by atoms with E-state index in [1.165, 1.54) is 0 Å². The van der Waals surface area contributed by atoms with Gasteiger partial charge in [0.25, 0.3) is 0 Å². The highest BCUT2D eigenvalue weighted by Gasteiger charge is 2.11. The van der Waals surface area contributed by atoms with E-state index in [2.05, 4.69) is 27.4 Å². The summed E-state index contributed by atoms with van der Waals surface area (Å²) in [5.74, 6) is 0.498. The van der Waals surface area contributed by atoms with Gasteiger partial charge in [-0.15, -0.1) is 11.3 Å². The molecule has 0 aliphatic rings. The van der Waals surface area contributed by atoms with E-state index in [0.29, 0.717) is 12.4 Å². The lowest BCUT2D eigenvalue weighted by Crippen LogP contribution is -2.30. The molecule has 3 aromatic rings. The number of carbonyl (C=O) groups is 1. The predicted molar refractivity (Wildman–Crippen MR) is 101 cm³/mol. The fourth-order valence-corrected chi connectivity index (χ4v) is 3.27. The third kappa shape index (κ3) is 4.95. The Labute approximate surface area is 151 Å². The molecule has 1 aromatic carbocycles. The van der Waals surface area contributed by atoms with E-state index in [1.807, 2.05) is 54.6 Å². The van der Waals surface area contributed by atoms with E-state index in [9.17, 15) is 4.79 Å². The first-order valence-electron chi connectivity index (χ1n) is 8.01. The second-order valence-corrected chi connectivity index (χ2v) is 6.81. The van der Waals surface area contributed by atoms with Gasteiger partial charge < -0.3 is 5.32 Å². The molecule has 2 aromatic heterocycles. The summed E-state index contributed by atoms with van der Waals surface area (Å²) in [5.41, 5.74) is 3.15. The number of likely N-dealkylation sites (N-methyl/N-ethyl adjacent to an activating group) is 1. The standard InChI is InChI=1S/C19H20N4OS/c1-14-8-9-20-17(10-14)22-18(24)12-23(2)11-16-13-25-19(21-16)15-6-4-3-5-7-15/h3-10,13H,11-12H2,1-2H3,(H,20,22,24). The van der Waals surface area contributed by atoms with Crippen molar-refractivity contribution in [2.45, 2.75) is 13.5 Å². The Bertz CT molecular complexity index is 847. The number of carbonyl (C=O) groups excluding carboxylic acids is 1. The summed E-state index contributed by atoms with van der Waals surface area (Å²) in [6.07, 6.45) is 1.69. The van der Waals surface area contributed by atoms with Crippen molar-refractivity contribution >= 4 is 23.1 Å². The molecule has 128 valence electrons. The molecule has 5 nitrogen and oxygen atoms in total. The van der Waals surface area contributed by atoms with Gasteiger partial charge in [-0.2, -0.15) is 0 Å². The number of hydrogen-bond donors (Lipinski definition) is 1. The van der Waals surface area contributed by atoms with Crippen LogP contribution in [0.3, 0.4) is 0 Å². The Balaban J connectivity index is 1.55. The van der Waals surface area contributed by atoms with Gasteiger partial charge in [-0.25, -0.2) is 9.97 Å². The zero-order valence-electron chi connectivity index (χ0n) is 14.3. The second kappa shape index (κ2) is 8.00. The van der Waals surface area contributed by atoms with Crippen molar-refractivity contribution in [2.24, 2.45) is 0 Å². The first kappa shape index (κ1) is 17.3. The zero-order valence-corrected chi connectivity index (χ0v) is 15.1. The molecule has 0 unspecified atom stereocenters. The Morgan fingerprint density at radius 3 is 2.80 bits per heavy atom. The number of anilines is 1. The number of aryl methyl sites for hydroxylation is 1.